The Labute approximate surface area is 125 Å². The molecule has 1 aromatic heterocycles. The standard InChI is InChI=1S/C14H14N2O2S2/c1-8(17-2)11-7-19-13(16-11)14-15-10-5-4-9(18-3)6-12(10)20-14/h4-6,11H,1,7H2,2-3H3. The van der Waals surface area contributed by atoms with Gasteiger partial charge in [-0.25, -0.2) is 4.98 Å². The van der Waals surface area contributed by atoms with Gasteiger partial charge in [0, 0.05) is 5.75 Å². The fourth-order valence-electron chi connectivity index (χ4n) is 1.92. The van der Waals surface area contributed by atoms with E-state index < -0.39 is 0 Å². The lowest BCUT2D eigenvalue weighted by Crippen LogP contribution is -2.07. The van der Waals surface area contributed by atoms with Crippen molar-refractivity contribution in [2.24, 2.45) is 4.99 Å². The van der Waals surface area contributed by atoms with Gasteiger partial charge in [0.05, 0.1) is 24.4 Å². The minimum Gasteiger partial charge on any atom is -0.499 e. The van der Waals surface area contributed by atoms with Gasteiger partial charge in [0.2, 0.25) is 0 Å². The first-order valence-electron chi connectivity index (χ1n) is 6.09. The third kappa shape index (κ3) is 2.41. The van der Waals surface area contributed by atoms with Crippen LogP contribution in [0.25, 0.3) is 10.2 Å². The minimum atomic E-state index is 0.0292. The molecule has 0 spiro atoms. The molecule has 104 valence electrons. The average Bonchev–Trinajstić information content (AvgIpc) is 3.11. The molecule has 1 aliphatic rings. The lowest BCUT2D eigenvalue weighted by molar-refractivity contribution is 0.273. The molecule has 1 atom stereocenters. The summed E-state index contributed by atoms with van der Waals surface area (Å²) in [6.07, 6.45) is 0. The second-order valence-electron chi connectivity index (χ2n) is 4.28. The maximum atomic E-state index is 5.24. The zero-order valence-electron chi connectivity index (χ0n) is 11.3. The number of rotatable bonds is 4. The van der Waals surface area contributed by atoms with Gasteiger partial charge in [-0.05, 0) is 18.2 Å². The number of benzene rings is 1. The minimum absolute atomic E-state index is 0.0292. The van der Waals surface area contributed by atoms with Crippen molar-refractivity contribution in [3.8, 4) is 5.75 Å². The fourth-order valence-corrected chi connectivity index (χ4v) is 4.05. The van der Waals surface area contributed by atoms with Gasteiger partial charge in [0.25, 0.3) is 0 Å². The van der Waals surface area contributed by atoms with Crippen LogP contribution in [0.2, 0.25) is 0 Å². The molecular weight excluding hydrogens is 292 g/mol. The Morgan fingerprint density at radius 2 is 2.25 bits per heavy atom. The van der Waals surface area contributed by atoms with Gasteiger partial charge in [0.1, 0.15) is 27.6 Å². The van der Waals surface area contributed by atoms with Gasteiger partial charge >= 0.3 is 0 Å². The smallest absolute Gasteiger partial charge is 0.149 e. The molecular formula is C14H14N2O2S2. The number of ether oxygens (including phenoxy) is 2. The van der Waals surface area contributed by atoms with Crippen LogP contribution in [0.5, 0.6) is 5.75 Å². The third-order valence-corrected chi connectivity index (χ3v) is 5.27. The largest absolute Gasteiger partial charge is 0.499 e. The van der Waals surface area contributed by atoms with Crippen molar-refractivity contribution in [2.45, 2.75) is 6.04 Å². The summed E-state index contributed by atoms with van der Waals surface area (Å²) in [5, 5.41) is 1.91. The zero-order chi connectivity index (χ0) is 14.1. The summed E-state index contributed by atoms with van der Waals surface area (Å²) in [6, 6.07) is 5.93. The highest BCUT2D eigenvalue weighted by Gasteiger charge is 2.24. The molecule has 0 saturated heterocycles. The van der Waals surface area contributed by atoms with Gasteiger partial charge < -0.3 is 9.47 Å². The summed E-state index contributed by atoms with van der Waals surface area (Å²) in [5.74, 6) is 2.41. The number of fused-ring (bicyclic) bond motifs is 1. The second-order valence-corrected chi connectivity index (χ2v) is 6.32. The molecule has 0 N–H and O–H groups in total. The Morgan fingerprint density at radius 3 is 3.00 bits per heavy atom. The van der Waals surface area contributed by atoms with E-state index in [-0.39, 0.29) is 6.04 Å². The summed E-state index contributed by atoms with van der Waals surface area (Å²) in [7, 11) is 3.30. The molecule has 2 heterocycles. The van der Waals surface area contributed by atoms with Gasteiger partial charge in [-0.15, -0.1) is 23.1 Å². The highest BCUT2D eigenvalue weighted by Crippen LogP contribution is 2.32. The Kier molecular flexibility index (Phi) is 3.67. The molecule has 1 unspecified atom stereocenters. The molecule has 0 fully saturated rings. The molecule has 1 aromatic carbocycles. The first kappa shape index (κ1) is 13.5. The molecule has 0 radical (unpaired) electrons. The quantitative estimate of drug-likeness (QED) is 0.813. The number of hydrogen-bond acceptors (Lipinski definition) is 6. The van der Waals surface area contributed by atoms with Gasteiger partial charge in [-0.3, -0.25) is 4.99 Å². The van der Waals surface area contributed by atoms with Gasteiger partial charge in [0.15, 0.2) is 0 Å². The lowest BCUT2D eigenvalue weighted by Gasteiger charge is -2.06. The van der Waals surface area contributed by atoms with Crippen LogP contribution in [-0.2, 0) is 4.74 Å². The number of methoxy groups -OCH3 is 2. The van der Waals surface area contributed by atoms with Crippen molar-refractivity contribution in [3.05, 3.63) is 35.5 Å². The van der Waals surface area contributed by atoms with E-state index in [1.165, 1.54) is 0 Å². The number of aromatic nitrogens is 1. The van der Waals surface area contributed by atoms with Crippen molar-refractivity contribution in [1.29, 1.82) is 0 Å². The van der Waals surface area contributed by atoms with Crippen molar-refractivity contribution in [2.75, 3.05) is 20.0 Å². The molecule has 0 saturated carbocycles. The number of nitrogens with zero attached hydrogens (tertiary/aromatic N) is 2. The second kappa shape index (κ2) is 5.46. The molecule has 0 bridgehead atoms. The number of thioether (sulfide) groups is 1. The van der Waals surface area contributed by atoms with E-state index in [4.69, 9.17) is 9.47 Å². The normalized spacial score (nSPS) is 18.1. The molecule has 2 aromatic rings. The van der Waals surface area contributed by atoms with Crippen molar-refractivity contribution in [3.63, 3.8) is 0 Å². The molecule has 4 nitrogen and oxygen atoms in total. The van der Waals surface area contributed by atoms with Crippen molar-refractivity contribution < 1.29 is 9.47 Å². The third-order valence-electron chi connectivity index (χ3n) is 3.06. The first-order valence-corrected chi connectivity index (χ1v) is 7.90. The SMILES string of the molecule is C=C(OC)C1CSC(c2nc3ccc(OC)cc3s2)=N1. The average molecular weight is 306 g/mol. The van der Waals surface area contributed by atoms with Crippen LogP contribution < -0.4 is 4.74 Å². The predicted octanol–water partition coefficient (Wildman–Crippen LogP) is 3.33. The number of aliphatic imine (C=N–C) groups is 1. The van der Waals surface area contributed by atoms with Gasteiger partial charge in [-0.1, -0.05) is 6.58 Å². The predicted molar refractivity (Wildman–Crippen MR) is 85.1 cm³/mol. The zero-order valence-corrected chi connectivity index (χ0v) is 12.9. The summed E-state index contributed by atoms with van der Waals surface area (Å²) in [6.45, 7) is 3.87. The van der Waals surface area contributed by atoms with E-state index in [0.717, 1.165) is 31.8 Å². The van der Waals surface area contributed by atoms with Crippen LogP contribution in [0.3, 0.4) is 0 Å². The van der Waals surface area contributed by atoms with Crippen molar-refractivity contribution in [1.82, 2.24) is 4.98 Å². The van der Waals surface area contributed by atoms with E-state index in [0.29, 0.717) is 5.76 Å². The molecule has 3 rings (SSSR count). The number of hydrogen-bond donors (Lipinski definition) is 0. The number of thiazole rings is 1. The highest BCUT2D eigenvalue weighted by atomic mass is 32.2. The molecule has 0 aliphatic carbocycles. The van der Waals surface area contributed by atoms with Crippen LogP contribution in [0.1, 0.15) is 5.01 Å². The van der Waals surface area contributed by atoms with E-state index in [2.05, 4.69) is 16.6 Å². The Balaban J connectivity index is 1.93. The van der Waals surface area contributed by atoms with Crippen LogP contribution >= 0.6 is 23.1 Å². The van der Waals surface area contributed by atoms with E-state index in [1.54, 1.807) is 37.3 Å². The summed E-state index contributed by atoms with van der Waals surface area (Å²) in [4.78, 5) is 9.27. The van der Waals surface area contributed by atoms with E-state index in [1.807, 2.05) is 18.2 Å². The maximum Gasteiger partial charge on any atom is 0.149 e. The van der Waals surface area contributed by atoms with Crippen molar-refractivity contribution >= 4 is 38.4 Å². The van der Waals surface area contributed by atoms with E-state index in [9.17, 15) is 0 Å². The monoisotopic (exact) mass is 306 g/mol. The summed E-state index contributed by atoms with van der Waals surface area (Å²) < 4.78 is 11.5. The molecule has 1 aliphatic heterocycles. The Bertz CT molecular complexity index is 694. The summed E-state index contributed by atoms with van der Waals surface area (Å²) in [5.41, 5.74) is 0.975. The first-order chi connectivity index (χ1) is 9.71. The van der Waals surface area contributed by atoms with Gasteiger partial charge in [-0.2, -0.15) is 0 Å². The van der Waals surface area contributed by atoms with Crippen LogP contribution in [-0.4, -0.2) is 36.0 Å². The lowest BCUT2D eigenvalue weighted by atomic mass is 10.3. The topological polar surface area (TPSA) is 43.7 Å². The highest BCUT2D eigenvalue weighted by molar-refractivity contribution is 8.15. The van der Waals surface area contributed by atoms with Crippen LogP contribution in [0, 0.1) is 0 Å². The molecule has 20 heavy (non-hydrogen) atoms. The molecule has 6 heteroatoms. The Morgan fingerprint density at radius 1 is 1.40 bits per heavy atom. The molecule has 0 amide bonds. The van der Waals surface area contributed by atoms with Crippen LogP contribution in [0.15, 0.2) is 35.5 Å². The Hall–Kier alpha value is -1.53. The summed E-state index contributed by atoms with van der Waals surface area (Å²) >= 11 is 3.33. The van der Waals surface area contributed by atoms with E-state index >= 15 is 0 Å². The maximum absolute atomic E-state index is 5.24. The fraction of sp³-hybridized carbons (Fsp3) is 0.286. The van der Waals surface area contributed by atoms with Crippen LogP contribution in [0.4, 0.5) is 0 Å².